The van der Waals surface area contributed by atoms with Crippen LogP contribution in [-0.4, -0.2) is 29.8 Å². The Morgan fingerprint density at radius 1 is 1.09 bits per heavy atom. The number of nitrogens with one attached hydrogen (secondary N) is 1. The van der Waals surface area contributed by atoms with Crippen LogP contribution in [0.5, 0.6) is 11.5 Å². The van der Waals surface area contributed by atoms with Gasteiger partial charge in [0, 0.05) is 10.0 Å². The standard InChI is InChI=1S/C25H22BrClN2O5/c1-3-33-22-11-18(13-28-29-24(30)19-9-4-15(2)10-21(19)27)20(26)12-23(22)34-14-16-5-7-17(8-6-16)25(31)32/h4-13H,3,14H2,1-2H3,(H,29,30)(H,31,32)/b28-13-. The van der Waals surface area contributed by atoms with Crippen molar-refractivity contribution in [2.45, 2.75) is 20.5 Å². The van der Waals surface area contributed by atoms with Crippen molar-refractivity contribution < 1.29 is 24.2 Å². The molecule has 1 amide bonds. The lowest BCUT2D eigenvalue weighted by Crippen LogP contribution is -2.18. The molecule has 0 aromatic heterocycles. The monoisotopic (exact) mass is 544 g/mol. The number of carboxylic acids is 1. The Morgan fingerprint density at radius 3 is 2.44 bits per heavy atom. The first-order chi connectivity index (χ1) is 16.3. The molecule has 0 unspecified atom stereocenters. The zero-order chi connectivity index (χ0) is 24.7. The summed E-state index contributed by atoms with van der Waals surface area (Å²) in [4.78, 5) is 23.4. The number of hydrogen-bond acceptors (Lipinski definition) is 5. The van der Waals surface area contributed by atoms with E-state index in [0.717, 1.165) is 11.1 Å². The molecule has 0 aliphatic carbocycles. The molecular formula is C25H22BrClN2O5. The predicted octanol–water partition coefficient (Wildman–Crippen LogP) is 5.85. The number of halogens is 2. The summed E-state index contributed by atoms with van der Waals surface area (Å²) in [6.45, 7) is 4.40. The summed E-state index contributed by atoms with van der Waals surface area (Å²) in [5.41, 5.74) is 5.44. The first kappa shape index (κ1) is 25.3. The molecule has 7 nitrogen and oxygen atoms in total. The lowest BCUT2D eigenvalue weighted by Gasteiger charge is -2.14. The average molecular weight is 546 g/mol. The van der Waals surface area contributed by atoms with Crippen LogP contribution in [-0.2, 0) is 6.61 Å². The van der Waals surface area contributed by atoms with E-state index in [1.165, 1.54) is 18.3 Å². The fourth-order valence-electron chi connectivity index (χ4n) is 2.96. The van der Waals surface area contributed by atoms with Crippen LogP contribution in [0.3, 0.4) is 0 Å². The number of hydrogen-bond donors (Lipinski definition) is 2. The van der Waals surface area contributed by atoms with E-state index < -0.39 is 11.9 Å². The van der Waals surface area contributed by atoms with Crippen molar-refractivity contribution in [1.29, 1.82) is 0 Å². The summed E-state index contributed by atoms with van der Waals surface area (Å²) in [7, 11) is 0. The van der Waals surface area contributed by atoms with Gasteiger partial charge in [-0.15, -0.1) is 0 Å². The molecule has 0 bridgehead atoms. The first-order valence-corrected chi connectivity index (χ1v) is 11.5. The van der Waals surface area contributed by atoms with E-state index in [1.54, 1.807) is 42.5 Å². The smallest absolute Gasteiger partial charge is 0.335 e. The molecule has 0 fully saturated rings. The van der Waals surface area contributed by atoms with Crippen molar-refractivity contribution >= 4 is 45.6 Å². The third-order valence-corrected chi connectivity index (χ3v) is 5.70. The van der Waals surface area contributed by atoms with E-state index in [9.17, 15) is 9.59 Å². The van der Waals surface area contributed by atoms with E-state index in [2.05, 4.69) is 26.5 Å². The second kappa shape index (κ2) is 11.7. The van der Waals surface area contributed by atoms with Crippen LogP contribution < -0.4 is 14.9 Å². The number of aromatic carboxylic acids is 1. The van der Waals surface area contributed by atoms with E-state index >= 15 is 0 Å². The van der Waals surface area contributed by atoms with Gasteiger partial charge in [-0.25, -0.2) is 10.2 Å². The maximum Gasteiger partial charge on any atom is 0.335 e. The molecule has 0 aliphatic rings. The molecule has 0 saturated carbocycles. The quantitative estimate of drug-likeness (QED) is 0.260. The van der Waals surface area contributed by atoms with Crippen LogP contribution >= 0.6 is 27.5 Å². The Balaban J connectivity index is 1.72. The summed E-state index contributed by atoms with van der Waals surface area (Å²) in [6, 6.07) is 15.1. The highest BCUT2D eigenvalue weighted by Gasteiger charge is 2.12. The number of nitrogens with zero attached hydrogens (tertiary/aromatic N) is 1. The van der Waals surface area contributed by atoms with Crippen LogP contribution in [0.4, 0.5) is 0 Å². The highest BCUT2D eigenvalue weighted by molar-refractivity contribution is 9.10. The van der Waals surface area contributed by atoms with Gasteiger partial charge in [0.05, 0.1) is 29.0 Å². The number of amides is 1. The zero-order valence-electron chi connectivity index (χ0n) is 18.5. The second-order valence-corrected chi connectivity index (χ2v) is 8.49. The largest absolute Gasteiger partial charge is 0.490 e. The molecule has 0 aliphatic heterocycles. The number of ether oxygens (including phenoxy) is 2. The van der Waals surface area contributed by atoms with Gasteiger partial charge in [-0.2, -0.15) is 5.10 Å². The summed E-state index contributed by atoms with van der Waals surface area (Å²) < 4.78 is 12.3. The fraction of sp³-hybridized carbons (Fsp3) is 0.160. The van der Waals surface area contributed by atoms with Gasteiger partial charge < -0.3 is 14.6 Å². The summed E-state index contributed by atoms with van der Waals surface area (Å²) in [6.07, 6.45) is 1.49. The summed E-state index contributed by atoms with van der Waals surface area (Å²) >= 11 is 9.63. The molecule has 0 heterocycles. The minimum Gasteiger partial charge on any atom is -0.490 e. The number of aryl methyl sites for hydroxylation is 1. The van der Waals surface area contributed by atoms with Gasteiger partial charge in [0.2, 0.25) is 0 Å². The Hall–Kier alpha value is -3.36. The Labute approximate surface area is 210 Å². The van der Waals surface area contributed by atoms with Gasteiger partial charge in [0.25, 0.3) is 5.91 Å². The Bertz CT molecular complexity index is 1230. The van der Waals surface area contributed by atoms with Gasteiger partial charge in [-0.3, -0.25) is 4.79 Å². The van der Waals surface area contributed by atoms with Gasteiger partial charge in [0.1, 0.15) is 6.61 Å². The van der Waals surface area contributed by atoms with Crippen molar-refractivity contribution in [2.75, 3.05) is 6.61 Å². The van der Waals surface area contributed by atoms with Crippen LogP contribution in [0.1, 0.15) is 44.3 Å². The number of hydrazone groups is 1. The highest BCUT2D eigenvalue weighted by Crippen LogP contribution is 2.34. The van der Waals surface area contributed by atoms with E-state index in [1.807, 2.05) is 13.8 Å². The highest BCUT2D eigenvalue weighted by atomic mass is 79.9. The predicted molar refractivity (Wildman–Crippen MR) is 134 cm³/mol. The third-order valence-electron chi connectivity index (χ3n) is 4.70. The molecule has 0 saturated heterocycles. The normalized spacial score (nSPS) is 10.8. The summed E-state index contributed by atoms with van der Waals surface area (Å²) in [5.74, 6) is -0.396. The topological polar surface area (TPSA) is 97.2 Å². The number of carbonyl (C=O) groups excluding carboxylic acids is 1. The average Bonchev–Trinajstić information content (AvgIpc) is 2.80. The SMILES string of the molecule is CCOc1cc(/C=N\NC(=O)c2ccc(C)cc2Cl)c(Br)cc1OCc1ccc(C(=O)O)cc1. The van der Waals surface area contributed by atoms with Crippen molar-refractivity contribution in [1.82, 2.24) is 5.43 Å². The molecule has 34 heavy (non-hydrogen) atoms. The van der Waals surface area contributed by atoms with Gasteiger partial charge in [-0.1, -0.05) is 29.8 Å². The van der Waals surface area contributed by atoms with Crippen molar-refractivity contribution in [3.8, 4) is 11.5 Å². The van der Waals surface area contributed by atoms with E-state index in [-0.39, 0.29) is 12.2 Å². The molecule has 3 rings (SSSR count). The molecule has 3 aromatic carbocycles. The molecule has 0 atom stereocenters. The number of benzene rings is 3. The Morgan fingerprint density at radius 2 is 1.79 bits per heavy atom. The van der Waals surface area contributed by atoms with Gasteiger partial charge in [-0.05, 0) is 77.3 Å². The van der Waals surface area contributed by atoms with Crippen LogP contribution in [0, 0.1) is 6.92 Å². The van der Waals surface area contributed by atoms with Crippen molar-refractivity contribution in [2.24, 2.45) is 5.10 Å². The molecule has 176 valence electrons. The van der Waals surface area contributed by atoms with Crippen LogP contribution in [0.2, 0.25) is 5.02 Å². The van der Waals surface area contributed by atoms with E-state index in [0.29, 0.717) is 38.7 Å². The number of carboxylic acid groups (broad SMARTS) is 1. The number of carbonyl (C=O) groups is 2. The zero-order valence-corrected chi connectivity index (χ0v) is 20.8. The minimum absolute atomic E-state index is 0.210. The molecule has 0 radical (unpaired) electrons. The lowest BCUT2D eigenvalue weighted by atomic mass is 10.1. The second-order valence-electron chi connectivity index (χ2n) is 7.23. The Kier molecular flexibility index (Phi) is 8.67. The van der Waals surface area contributed by atoms with Crippen molar-refractivity contribution in [3.05, 3.63) is 91.9 Å². The molecule has 0 spiro atoms. The maximum atomic E-state index is 12.4. The minimum atomic E-state index is -0.981. The first-order valence-electron chi connectivity index (χ1n) is 10.3. The maximum absolute atomic E-state index is 12.4. The van der Waals surface area contributed by atoms with Crippen molar-refractivity contribution in [3.63, 3.8) is 0 Å². The fourth-order valence-corrected chi connectivity index (χ4v) is 3.71. The van der Waals surface area contributed by atoms with Gasteiger partial charge in [0.15, 0.2) is 11.5 Å². The van der Waals surface area contributed by atoms with Crippen LogP contribution in [0.15, 0.2) is 64.2 Å². The lowest BCUT2D eigenvalue weighted by molar-refractivity contribution is 0.0696. The van der Waals surface area contributed by atoms with E-state index in [4.69, 9.17) is 26.2 Å². The summed E-state index contributed by atoms with van der Waals surface area (Å²) in [5, 5.41) is 13.4. The molecular weight excluding hydrogens is 524 g/mol. The molecule has 3 aromatic rings. The number of rotatable bonds is 9. The third kappa shape index (κ3) is 6.59. The van der Waals surface area contributed by atoms with Crippen LogP contribution in [0.25, 0.3) is 0 Å². The molecule has 9 heteroatoms. The molecule has 2 N–H and O–H groups in total. The van der Waals surface area contributed by atoms with Gasteiger partial charge >= 0.3 is 5.97 Å².